The van der Waals surface area contributed by atoms with Crippen LogP contribution in [0.5, 0.6) is 0 Å². The molecule has 0 bridgehead atoms. The van der Waals surface area contributed by atoms with Crippen LogP contribution in [0.15, 0.2) is 231 Å². The average molecular weight is 804 g/mol. The number of nitrogens with zero attached hydrogens (tertiary/aromatic N) is 3. The van der Waals surface area contributed by atoms with E-state index in [2.05, 4.69) is 233 Å². The molecule has 8 aromatic carbocycles. The Labute approximate surface area is 367 Å². The lowest BCUT2D eigenvalue weighted by molar-refractivity contribution is 0.753. The van der Waals surface area contributed by atoms with E-state index >= 15 is 0 Å². The summed E-state index contributed by atoms with van der Waals surface area (Å²) in [5, 5.41) is 2.39. The number of benzene rings is 8. The summed E-state index contributed by atoms with van der Waals surface area (Å²) in [5.41, 5.74) is 20.9. The highest BCUT2D eigenvalue weighted by Gasteiger charge is 2.53. The fraction of sp³-hybridized carbons (Fsp3) is 0.0500. The van der Waals surface area contributed by atoms with Gasteiger partial charge in [-0.1, -0.05) is 176 Å². The third kappa shape index (κ3) is 5.17. The van der Waals surface area contributed by atoms with Gasteiger partial charge in [0.2, 0.25) is 0 Å². The van der Waals surface area contributed by atoms with Crippen molar-refractivity contribution in [2.75, 3.05) is 4.90 Å². The maximum Gasteiger partial charge on any atom is 0.0746 e. The first-order chi connectivity index (χ1) is 31.3. The van der Waals surface area contributed by atoms with Gasteiger partial charge in [-0.15, -0.1) is 0 Å². The predicted molar refractivity (Wildman–Crippen MR) is 261 cm³/mol. The number of fused-ring (bicyclic) bond motifs is 13. The molecular weight excluding hydrogens is 763 g/mol. The van der Waals surface area contributed by atoms with Gasteiger partial charge in [-0.3, -0.25) is 4.98 Å². The molecule has 3 aliphatic rings. The smallest absolute Gasteiger partial charge is 0.0746 e. The van der Waals surface area contributed by atoms with E-state index in [4.69, 9.17) is 0 Å². The molecule has 63 heavy (non-hydrogen) atoms. The molecule has 0 fully saturated rings. The number of aromatic nitrogens is 2. The summed E-state index contributed by atoms with van der Waals surface area (Å²) >= 11 is 0. The van der Waals surface area contributed by atoms with Crippen molar-refractivity contribution in [2.45, 2.75) is 17.9 Å². The van der Waals surface area contributed by atoms with Gasteiger partial charge in [0.1, 0.15) is 0 Å². The van der Waals surface area contributed by atoms with Gasteiger partial charge in [-0.25, -0.2) is 0 Å². The van der Waals surface area contributed by atoms with E-state index in [1.807, 2.05) is 12.4 Å². The van der Waals surface area contributed by atoms with Crippen LogP contribution in [0.4, 0.5) is 11.4 Å². The van der Waals surface area contributed by atoms with Crippen LogP contribution in [-0.2, 0) is 5.41 Å². The van der Waals surface area contributed by atoms with Gasteiger partial charge in [0.15, 0.2) is 0 Å². The van der Waals surface area contributed by atoms with Crippen LogP contribution in [0.1, 0.15) is 34.2 Å². The second-order valence-electron chi connectivity index (χ2n) is 17.0. The molecule has 10 aromatic rings. The fourth-order valence-corrected chi connectivity index (χ4v) is 11.3. The Bertz CT molecular complexity index is 3420. The Balaban J connectivity index is 0.998. The molecule has 0 saturated carbocycles. The third-order valence-electron chi connectivity index (χ3n) is 13.8. The molecule has 3 heteroatoms. The predicted octanol–water partition coefficient (Wildman–Crippen LogP) is 14.7. The molecule has 2 aromatic heterocycles. The number of pyridine rings is 1. The molecule has 1 spiro atoms. The second-order valence-corrected chi connectivity index (χ2v) is 17.0. The number of rotatable bonds is 6. The van der Waals surface area contributed by atoms with Crippen LogP contribution in [0.3, 0.4) is 0 Å². The summed E-state index contributed by atoms with van der Waals surface area (Å²) < 4.78 is 2.37. The quantitative estimate of drug-likeness (QED) is 0.167. The maximum absolute atomic E-state index is 4.63. The maximum atomic E-state index is 4.63. The van der Waals surface area contributed by atoms with E-state index in [0.717, 1.165) is 23.0 Å². The Kier molecular flexibility index (Phi) is 7.95. The highest BCUT2D eigenvalue weighted by atomic mass is 15.2. The molecule has 0 aliphatic heterocycles. The van der Waals surface area contributed by atoms with Crippen LogP contribution in [0.25, 0.3) is 66.4 Å². The van der Waals surface area contributed by atoms with Crippen LogP contribution in [0.2, 0.25) is 0 Å². The van der Waals surface area contributed by atoms with Gasteiger partial charge in [-0.2, -0.15) is 0 Å². The zero-order valence-corrected chi connectivity index (χ0v) is 34.6. The minimum absolute atomic E-state index is 0.0435. The number of allylic oxidation sites excluding steroid dienone is 2. The van der Waals surface area contributed by atoms with Crippen molar-refractivity contribution in [2.24, 2.45) is 0 Å². The Hall–Kier alpha value is -8.01. The van der Waals surface area contributed by atoms with Crippen molar-refractivity contribution in [3.8, 4) is 39.1 Å². The third-order valence-corrected chi connectivity index (χ3v) is 13.8. The minimum Gasteiger partial charge on any atom is -0.334 e. The molecule has 0 radical (unpaired) electrons. The largest absolute Gasteiger partial charge is 0.334 e. The first kappa shape index (κ1) is 35.7. The van der Waals surface area contributed by atoms with Crippen LogP contribution < -0.4 is 4.90 Å². The van der Waals surface area contributed by atoms with E-state index in [-0.39, 0.29) is 6.04 Å². The minimum atomic E-state index is -0.478. The molecule has 0 saturated heterocycles. The fourth-order valence-electron chi connectivity index (χ4n) is 11.3. The Morgan fingerprint density at radius 1 is 0.508 bits per heavy atom. The zero-order valence-electron chi connectivity index (χ0n) is 34.6. The van der Waals surface area contributed by atoms with Crippen LogP contribution in [0, 0.1) is 0 Å². The molecule has 2 heterocycles. The summed E-state index contributed by atoms with van der Waals surface area (Å²) in [4.78, 5) is 7.25. The number of para-hydroxylation sites is 1. The van der Waals surface area contributed by atoms with E-state index in [1.54, 1.807) is 0 Å². The Morgan fingerprint density at radius 3 is 1.78 bits per heavy atom. The molecule has 0 amide bonds. The normalized spacial score (nSPS) is 15.2. The van der Waals surface area contributed by atoms with Crippen molar-refractivity contribution in [3.05, 3.63) is 259 Å². The monoisotopic (exact) mass is 803 g/mol. The van der Waals surface area contributed by atoms with E-state index in [9.17, 15) is 0 Å². The van der Waals surface area contributed by atoms with Gasteiger partial charge in [0.05, 0.1) is 22.5 Å². The molecule has 296 valence electrons. The van der Waals surface area contributed by atoms with E-state index < -0.39 is 5.41 Å². The molecular formula is C60H41N3. The SMILES string of the molecule is C1=CC(N(c2ccc(-c3ccccc3)cc2)c2cccc3c2C2(c4ccccc4-c4ccccc42)c2ccccc2-3)CC=C1c1cccc2c1c1cnccc1n2-c1ccccc1. The second kappa shape index (κ2) is 14.0. The summed E-state index contributed by atoms with van der Waals surface area (Å²) in [5.74, 6) is 0. The topological polar surface area (TPSA) is 21.1 Å². The average Bonchev–Trinajstić information content (AvgIpc) is 3.97. The van der Waals surface area contributed by atoms with Crippen LogP contribution in [-0.4, -0.2) is 15.6 Å². The van der Waals surface area contributed by atoms with E-state index in [0.29, 0.717) is 0 Å². The van der Waals surface area contributed by atoms with Crippen molar-refractivity contribution < 1.29 is 0 Å². The summed E-state index contributed by atoms with van der Waals surface area (Å²) in [6.45, 7) is 0. The highest BCUT2D eigenvalue weighted by molar-refractivity contribution is 6.14. The molecule has 1 atom stereocenters. The lowest BCUT2D eigenvalue weighted by Gasteiger charge is -2.39. The molecule has 13 rings (SSSR count). The van der Waals surface area contributed by atoms with Crippen LogP contribution >= 0.6 is 0 Å². The zero-order chi connectivity index (χ0) is 41.5. The van der Waals surface area contributed by atoms with Gasteiger partial charge >= 0.3 is 0 Å². The van der Waals surface area contributed by atoms with Crippen molar-refractivity contribution in [1.29, 1.82) is 0 Å². The lowest BCUT2D eigenvalue weighted by atomic mass is 9.70. The summed E-state index contributed by atoms with van der Waals surface area (Å²) in [6, 6.07) is 73.8. The lowest BCUT2D eigenvalue weighted by Crippen LogP contribution is -2.34. The summed E-state index contributed by atoms with van der Waals surface area (Å²) in [6.07, 6.45) is 12.0. The first-order valence-electron chi connectivity index (χ1n) is 22.0. The highest BCUT2D eigenvalue weighted by Crippen LogP contribution is 2.65. The molecule has 0 N–H and O–H groups in total. The molecule has 3 aliphatic carbocycles. The summed E-state index contributed by atoms with van der Waals surface area (Å²) in [7, 11) is 0. The standard InChI is InChI=1S/C60H41N3/c1-3-15-40(16-4-1)41-29-33-44(34-30-41)62(45-35-31-42(32-36-45)46-22-13-27-56-58(46)51-39-61-38-37-55(51)63(56)43-17-5-2-6-18-43)57-28-14-23-50-49-21-9-12-26-54(49)60(59(50)57)52-24-10-7-19-47(52)48-20-8-11-25-53(48)60/h1-35,37-39,45H,36H2. The van der Waals surface area contributed by atoms with E-state index in [1.165, 1.54) is 89.0 Å². The first-order valence-corrected chi connectivity index (χ1v) is 22.0. The van der Waals surface area contributed by atoms with Crippen molar-refractivity contribution in [1.82, 2.24) is 9.55 Å². The van der Waals surface area contributed by atoms with Crippen molar-refractivity contribution in [3.63, 3.8) is 0 Å². The van der Waals surface area contributed by atoms with Crippen molar-refractivity contribution >= 4 is 38.8 Å². The molecule has 3 nitrogen and oxygen atoms in total. The van der Waals surface area contributed by atoms with Gasteiger partial charge in [0.25, 0.3) is 0 Å². The number of hydrogen-bond acceptors (Lipinski definition) is 2. The van der Waals surface area contributed by atoms with Gasteiger partial charge < -0.3 is 9.47 Å². The number of anilines is 2. The number of hydrogen-bond donors (Lipinski definition) is 0. The van der Waals surface area contributed by atoms with Gasteiger partial charge in [0, 0.05) is 45.8 Å². The van der Waals surface area contributed by atoms with Gasteiger partial charge in [-0.05, 0) is 110 Å². The molecule has 1 unspecified atom stereocenters. The Morgan fingerprint density at radius 2 is 1.10 bits per heavy atom.